The maximum atomic E-state index is 13.2. The third-order valence-corrected chi connectivity index (χ3v) is 6.43. The SMILES string of the molecule is CC(C)COc1cc(C(F)(F)F)ccc1OC1CC2CCCC(C1)N2Cc1ccccc1. The van der Waals surface area contributed by atoms with Crippen molar-refractivity contribution in [1.29, 1.82) is 0 Å². The van der Waals surface area contributed by atoms with E-state index in [0.29, 0.717) is 24.4 Å². The van der Waals surface area contributed by atoms with E-state index in [2.05, 4.69) is 29.2 Å². The number of ether oxygens (including phenoxy) is 2. The monoisotopic (exact) mass is 447 g/mol. The van der Waals surface area contributed by atoms with E-state index in [1.807, 2.05) is 19.9 Å². The van der Waals surface area contributed by atoms with Crippen LogP contribution in [0.3, 0.4) is 0 Å². The van der Waals surface area contributed by atoms with E-state index >= 15 is 0 Å². The van der Waals surface area contributed by atoms with Crippen LogP contribution in [0, 0.1) is 5.92 Å². The number of benzene rings is 2. The summed E-state index contributed by atoms with van der Waals surface area (Å²) in [6.45, 7) is 5.22. The molecule has 2 saturated heterocycles. The fourth-order valence-electron chi connectivity index (χ4n) is 4.91. The first kappa shape index (κ1) is 23.0. The first-order valence-electron chi connectivity index (χ1n) is 11.6. The molecule has 4 rings (SSSR count). The molecule has 6 heteroatoms. The summed E-state index contributed by atoms with van der Waals surface area (Å²) >= 11 is 0. The Bertz CT molecular complexity index is 870. The van der Waals surface area contributed by atoms with Crippen molar-refractivity contribution in [1.82, 2.24) is 4.90 Å². The van der Waals surface area contributed by atoms with Gasteiger partial charge < -0.3 is 9.47 Å². The molecule has 2 atom stereocenters. The van der Waals surface area contributed by atoms with E-state index in [1.54, 1.807) is 0 Å². The van der Waals surface area contributed by atoms with Gasteiger partial charge in [0.05, 0.1) is 12.2 Å². The number of fused-ring (bicyclic) bond motifs is 2. The second kappa shape index (κ2) is 9.74. The van der Waals surface area contributed by atoms with E-state index in [0.717, 1.165) is 44.4 Å². The van der Waals surface area contributed by atoms with Crippen LogP contribution in [-0.2, 0) is 12.7 Å². The van der Waals surface area contributed by atoms with Crippen molar-refractivity contribution in [3.05, 3.63) is 59.7 Å². The lowest BCUT2D eigenvalue weighted by atomic mass is 9.82. The van der Waals surface area contributed by atoms with Crippen molar-refractivity contribution in [2.45, 2.75) is 76.9 Å². The topological polar surface area (TPSA) is 21.7 Å². The van der Waals surface area contributed by atoms with E-state index in [-0.39, 0.29) is 17.8 Å². The van der Waals surface area contributed by atoms with Gasteiger partial charge in [0.25, 0.3) is 0 Å². The molecule has 32 heavy (non-hydrogen) atoms. The zero-order valence-corrected chi connectivity index (χ0v) is 18.8. The van der Waals surface area contributed by atoms with Gasteiger partial charge in [-0.1, -0.05) is 50.6 Å². The zero-order valence-electron chi connectivity index (χ0n) is 18.8. The highest BCUT2D eigenvalue weighted by Gasteiger charge is 2.39. The minimum atomic E-state index is -4.41. The first-order chi connectivity index (χ1) is 15.3. The summed E-state index contributed by atoms with van der Waals surface area (Å²) in [6, 6.07) is 15.0. The van der Waals surface area contributed by atoms with Gasteiger partial charge in [-0.05, 0) is 55.4 Å². The Morgan fingerprint density at radius 3 is 2.28 bits per heavy atom. The van der Waals surface area contributed by atoms with Gasteiger partial charge in [0.2, 0.25) is 0 Å². The van der Waals surface area contributed by atoms with Gasteiger partial charge in [-0.25, -0.2) is 0 Å². The normalized spacial score (nSPS) is 23.9. The summed E-state index contributed by atoms with van der Waals surface area (Å²) in [6.07, 6.45) is 0.822. The number of piperidine rings is 2. The number of rotatable bonds is 7. The Labute approximate surface area is 188 Å². The molecular weight excluding hydrogens is 415 g/mol. The van der Waals surface area contributed by atoms with Crippen LogP contribution < -0.4 is 9.47 Å². The van der Waals surface area contributed by atoms with Gasteiger partial charge in [0.15, 0.2) is 11.5 Å². The van der Waals surface area contributed by atoms with Crippen LogP contribution in [0.2, 0.25) is 0 Å². The summed E-state index contributed by atoms with van der Waals surface area (Å²) in [4.78, 5) is 2.60. The van der Waals surface area contributed by atoms with Crippen molar-refractivity contribution in [3.63, 3.8) is 0 Å². The van der Waals surface area contributed by atoms with Crippen LogP contribution >= 0.6 is 0 Å². The van der Waals surface area contributed by atoms with Crippen LogP contribution in [-0.4, -0.2) is 29.7 Å². The predicted molar refractivity (Wildman–Crippen MR) is 119 cm³/mol. The average molecular weight is 448 g/mol. The van der Waals surface area contributed by atoms with Crippen molar-refractivity contribution in [3.8, 4) is 11.5 Å². The third-order valence-electron chi connectivity index (χ3n) is 6.43. The quantitative estimate of drug-likeness (QED) is 0.471. The summed E-state index contributed by atoms with van der Waals surface area (Å²) in [7, 11) is 0. The smallest absolute Gasteiger partial charge is 0.416 e. The molecule has 0 N–H and O–H groups in total. The van der Waals surface area contributed by atoms with Crippen LogP contribution in [0.25, 0.3) is 0 Å². The molecule has 0 aromatic heterocycles. The van der Waals surface area contributed by atoms with Crippen molar-refractivity contribution >= 4 is 0 Å². The molecule has 2 aromatic rings. The van der Waals surface area contributed by atoms with Gasteiger partial charge in [-0.2, -0.15) is 13.2 Å². The molecule has 0 aliphatic carbocycles. The number of nitrogens with zero attached hydrogens (tertiary/aromatic N) is 1. The van der Waals surface area contributed by atoms with E-state index in [9.17, 15) is 13.2 Å². The summed E-state index contributed by atoms with van der Waals surface area (Å²) in [5, 5.41) is 0. The molecule has 174 valence electrons. The molecule has 2 fully saturated rings. The Kier molecular flexibility index (Phi) is 6.99. The second-order valence-corrected chi connectivity index (χ2v) is 9.47. The highest BCUT2D eigenvalue weighted by molar-refractivity contribution is 5.44. The maximum Gasteiger partial charge on any atom is 0.416 e. The molecule has 0 amide bonds. The second-order valence-electron chi connectivity index (χ2n) is 9.47. The van der Waals surface area contributed by atoms with Gasteiger partial charge in [-0.15, -0.1) is 0 Å². The molecule has 2 heterocycles. The molecule has 0 spiro atoms. The lowest BCUT2D eigenvalue weighted by molar-refractivity contribution is -0.137. The first-order valence-corrected chi connectivity index (χ1v) is 11.6. The Morgan fingerprint density at radius 2 is 1.66 bits per heavy atom. The van der Waals surface area contributed by atoms with Crippen molar-refractivity contribution in [2.75, 3.05) is 6.61 Å². The van der Waals surface area contributed by atoms with Gasteiger partial charge in [0, 0.05) is 18.6 Å². The molecule has 3 nitrogen and oxygen atoms in total. The number of hydrogen-bond donors (Lipinski definition) is 0. The summed E-state index contributed by atoms with van der Waals surface area (Å²) in [5.41, 5.74) is 0.606. The maximum absolute atomic E-state index is 13.2. The molecule has 2 bridgehead atoms. The van der Waals surface area contributed by atoms with E-state index in [4.69, 9.17) is 9.47 Å². The van der Waals surface area contributed by atoms with Crippen LogP contribution in [0.1, 0.15) is 57.1 Å². The standard InChI is InChI=1S/C26H32F3NO2/c1-18(2)17-31-25-13-20(26(27,28)29)11-12-24(25)32-23-14-21-9-6-10-22(15-23)30(21)16-19-7-4-3-5-8-19/h3-5,7-8,11-13,18,21-23H,6,9-10,14-17H2,1-2H3. The molecule has 2 aliphatic heterocycles. The van der Waals surface area contributed by atoms with Crippen LogP contribution in [0.15, 0.2) is 48.5 Å². The molecule has 2 aromatic carbocycles. The molecule has 2 aliphatic rings. The Morgan fingerprint density at radius 1 is 0.969 bits per heavy atom. The van der Waals surface area contributed by atoms with Gasteiger partial charge in [0.1, 0.15) is 6.10 Å². The van der Waals surface area contributed by atoms with Gasteiger partial charge >= 0.3 is 6.18 Å². The predicted octanol–water partition coefficient (Wildman–Crippen LogP) is 6.70. The zero-order chi connectivity index (χ0) is 22.7. The van der Waals surface area contributed by atoms with Crippen LogP contribution in [0.4, 0.5) is 13.2 Å². The largest absolute Gasteiger partial charge is 0.489 e. The molecular formula is C26H32F3NO2. The Hall–Kier alpha value is -2.21. The fraction of sp³-hybridized carbons (Fsp3) is 0.538. The molecule has 0 radical (unpaired) electrons. The summed E-state index contributed by atoms with van der Waals surface area (Å²) in [5.74, 6) is 0.807. The lowest BCUT2D eigenvalue weighted by Crippen LogP contribution is -2.53. The highest BCUT2D eigenvalue weighted by atomic mass is 19.4. The Balaban J connectivity index is 1.48. The summed E-state index contributed by atoms with van der Waals surface area (Å²) < 4.78 is 51.7. The average Bonchev–Trinajstić information content (AvgIpc) is 2.73. The number of hydrogen-bond acceptors (Lipinski definition) is 3. The van der Waals surface area contributed by atoms with Crippen LogP contribution in [0.5, 0.6) is 11.5 Å². The van der Waals surface area contributed by atoms with E-state index < -0.39 is 11.7 Å². The number of alkyl halides is 3. The van der Waals surface area contributed by atoms with Gasteiger partial charge in [-0.3, -0.25) is 4.90 Å². The van der Waals surface area contributed by atoms with E-state index in [1.165, 1.54) is 18.1 Å². The minimum Gasteiger partial charge on any atom is -0.489 e. The molecule has 0 saturated carbocycles. The third kappa shape index (κ3) is 5.58. The fourth-order valence-corrected chi connectivity index (χ4v) is 4.91. The highest BCUT2D eigenvalue weighted by Crippen LogP contribution is 2.40. The minimum absolute atomic E-state index is 0.0181. The number of halogens is 3. The molecule has 2 unspecified atom stereocenters. The van der Waals surface area contributed by atoms with Crippen molar-refractivity contribution in [2.24, 2.45) is 5.92 Å². The van der Waals surface area contributed by atoms with Crippen molar-refractivity contribution < 1.29 is 22.6 Å². The lowest BCUT2D eigenvalue weighted by Gasteiger charge is -2.48.